The van der Waals surface area contributed by atoms with E-state index in [9.17, 15) is 13.2 Å². The predicted octanol–water partition coefficient (Wildman–Crippen LogP) is 11.1. The molecule has 46 heavy (non-hydrogen) atoms. The Labute approximate surface area is 306 Å². The molecule has 5 rings (SSSR count). The molecular formula is C35H52F3FeO3P2RhS+. The first kappa shape index (κ1) is 47.2. The van der Waals surface area contributed by atoms with Gasteiger partial charge in [0.25, 0.3) is 0 Å². The summed E-state index contributed by atoms with van der Waals surface area (Å²) >= 11 is 0. The van der Waals surface area contributed by atoms with Gasteiger partial charge in [-0.1, -0.05) is 67.8 Å². The van der Waals surface area contributed by atoms with Crippen LogP contribution in [0.2, 0.25) is 0 Å². The monoisotopic (exact) mass is 830 g/mol. The Morgan fingerprint density at radius 1 is 0.630 bits per heavy atom. The fourth-order valence-corrected chi connectivity index (χ4v) is 13.5. The van der Waals surface area contributed by atoms with Crippen molar-refractivity contribution < 1.29 is 62.7 Å². The summed E-state index contributed by atoms with van der Waals surface area (Å²) in [5.41, 5.74) is 1.73. The quantitative estimate of drug-likeness (QED) is 0.0881. The Morgan fingerprint density at radius 2 is 0.848 bits per heavy atom. The average molecular weight is 831 g/mol. The van der Waals surface area contributed by atoms with Gasteiger partial charge in [0.2, 0.25) is 0 Å². The minimum absolute atomic E-state index is 0. The molecule has 5 aliphatic rings. The van der Waals surface area contributed by atoms with Gasteiger partial charge in [0, 0.05) is 30.8 Å². The van der Waals surface area contributed by atoms with E-state index in [1.54, 1.807) is 11.3 Å². The van der Waals surface area contributed by atoms with Gasteiger partial charge in [-0.2, -0.15) is 13.2 Å². The summed E-state index contributed by atoms with van der Waals surface area (Å²) in [4.78, 5) is 0. The van der Waals surface area contributed by atoms with Gasteiger partial charge in [-0.15, -0.1) is 0 Å². The first-order chi connectivity index (χ1) is 21.0. The summed E-state index contributed by atoms with van der Waals surface area (Å²) in [6.07, 6.45) is 43.7. The molecule has 0 spiro atoms. The molecule has 0 aromatic rings. The zero-order valence-electron chi connectivity index (χ0n) is 27.6. The normalized spacial score (nSPS) is 29.0. The van der Waals surface area contributed by atoms with Gasteiger partial charge in [0.1, 0.15) is 0 Å². The van der Waals surface area contributed by atoms with Crippen molar-refractivity contribution >= 4 is 26.0 Å². The third kappa shape index (κ3) is 16.0. The molecule has 4 atom stereocenters. The average Bonchev–Trinajstić information content (AvgIpc) is 3.78. The Hall–Kier alpha value is 1.18. The van der Waals surface area contributed by atoms with Crippen molar-refractivity contribution in [2.75, 3.05) is 0 Å². The zero-order chi connectivity index (χ0) is 32.6. The van der Waals surface area contributed by atoms with E-state index >= 15 is 0 Å². The third-order valence-electron chi connectivity index (χ3n) is 8.63. The van der Waals surface area contributed by atoms with E-state index in [1.165, 1.54) is 77.0 Å². The summed E-state index contributed by atoms with van der Waals surface area (Å²) in [6.45, 7) is 9.45. The summed E-state index contributed by atoms with van der Waals surface area (Å²) in [7, 11) is -5.75. The first-order valence-corrected chi connectivity index (χ1v) is 20.7. The van der Waals surface area contributed by atoms with Crippen LogP contribution in [0.3, 0.4) is 0 Å². The van der Waals surface area contributed by atoms with Crippen LogP contribution >= 0.6 is 15.8 Å². The molecule has 4 fully saturated rings. The molecule has 2 saturated carbocycles. The van der Waals surface area contributed by atoms with Crippen LogP contribution in [0.4, 0.5) is 13.2 Å². The van der Waals surface area contributed by atoms with Crippen LogP contribution in [0, 0.1) is 62.7 Å². The second kappa shape index (κ2) is 25.2. The Bertz CT molecular complexity index is 852. The standard InChI is InChI=1S/2C13H20P.C8H12.CHF3O3S.Fe.Rh/c2*1-3-11-9-10-12(4-2)14(11)13-7-5-6-8-13;1-2-4-6-8-7-5-3-1;2-1(3,4)8(5,6)7;;/h2*5-8,11-12H,3-4,9-10H2,1-2H3;1-2,7-8H,3-6H2;(H,5,6,7);;/q;;;;+2;/p-1/b;;2-1-,8-7-;;;/t2*11-,12-;;;;/m00..../s1. The summed E-state index contributed by atoms with van der Waals surface area (Å²) in [5, 5.41) is 0. The number of alkyl halides is 3. The van der Waals surface area contributed by atoms with Crippen molar-refractivity contribution in [3.8, 4) is 0 Å². The molecule has 0 bridgehead atoms. The van der Waals surface area contributed by atoms with E-state index in [0.29, 0.717) is 0 Å². The molecule has 2 saturated heterocycles. The van der Waals surface area contributed by atoms with Gasteiger partial charge < -0.3 is 4.55 Å². The number of rotatable bonds is 6. The van der Waals surface area contributed by atoms with Crippen LogP contribution in [-0.2, 0) is 46.7 Å². The van der Waals surface area contributed by atoms with Crippen LogP contribution in [0.5, 0.6) is 0 Å². The molecule has 3 aliphatic carbocycles. The van der Waals surface area contributed by atoms with Gasteiger partial charge in [-0.3, -0.25) is 0 Å². The fourth-order valence-electron chi connectivity index (χ4n) is 6.30. The summed E-state index contributed by atoms with van der Waals surface area (Å²) < 4.78 is 58.9. The fraction of sp³-hybridized carbons (Fsp3) is 0.600. The van der Waals surface area contributed by atoms with Gasteiger partial charge in [-0.05, 0) is 151 Å². The van der Waals surface area contributed by atoms with E-state index in [-0.39, 0.29) is 52.4 Å². The molecule has 11 heteroatoms. The number of allylic oxidation sites excluding steroid dienone is 4. The van der Waals surface area contributed by atoms with Crippen LogP contribution < -0.4 is 0 Å². The van der Waals surface area contributed by atoms with Crippen molar-refractivity contribution in [2.45, 2.75) is 133 Å². The van der Waals surface area contributed by atoms with Crippen LogP contribution in [0.25, 0.3) is 0 Å². The molecule has 0 unspecified atom stereocenters. The molecule has 0 aromatic heterocycles. The largest absolute Gasteiger partial charge is 2.00 e. The first-order valence-electron chi connectivity index (χ1n) is 16.3. The minimum atomic E-state index is -6.09. The molecule has 2 aliphatic heterocycles. The second-order valence-electron chi connectivity index (χ2n) is 11.5. The van der Waals surface area contributed by atoms with Crippen molar-refractivity contribution in [2.24, 2.45) is 0 Å². The maximum absolute atomic E-state index is 10.7. The maximum Gasteiger partial charge on any atom is 2.00 e. The topological polar surface area (TPSA) is 57.2 Å². The van der Waals surface area contributed by atoms with Crippen LogP contribution in [-0.4, -0.2) is 41.1 Å². The molecule has 0 amide bonds. The predicted molar refractivity (Wildman–Crippen MR) is 182 cm³/mol. The molecule has 263 valence electrons. The van der Waals surface area contributed by atoms with E-state index in [4.69, 9.17) is 13.0 Å². The molecule has 2 heterocycles. The Balaban J connectivity index is 0.000000600. The summed E-state index contributed by atoms with van der Waals surface area (Å²) in [6, 6.07) is 0. The van der Waals surface area contributed by atoms with Crippen LogP contribution in [0.15, 0.2) is 24.3 Å². The van der Waals surface area contributed by atoms with E-state index in [2.05, 4.69) is 103 Å². The SMILES string of the molecule is C1=C\CC/C=C\CC/1.CC[C@H]1CC[C@H](CC)P1[C]1[CH][CH][CH][CH]1.CC[C@H]1CC[C@H](CC)P1[C]1[CH][CH][CH][CH]1.O=S(=O)([O-])C(F)(F)F.[Fe+2].[Rh]. The number of halogens is 3. The van der Waals surface area contributed by atoms with Gasteiger partial charge >= 0.3 is 22.6 Å². The van der Waals surface area contributed by atoms with Gasteiger partial charge in [0.15, 0.2) is 10.1 Å². The van der Waals surface area contributed by atoms with Gasteiger partial charge in [-0.25, -0.2) is 8.42 Å². The van der Waals surface area contributed by atoms with E-state index in [0.717, 1.165) is 22.6 Å². The van der Waals surface area contributed by atoms with Crippen molar-refractivity contribution in [1.29, 1.82) is 0 Å². The molecular weight excluding hydrogens is 778 g/mol. The smallest absolute Gasteiger partial charge is 0.741 e. The Kier molecular flexibility index (Phi) is 25.8. The maximum atomic E-state index is 10.7. The van der Waals surface area contributed by atoms with E-state index < -0.39 is 15.6 Å². The second-order valence-corrected chi connectivity index (χ2v) is 18.5. The molecule has 0 N–H and O–H groups in total. The molecule has 0 aromatic carbocycles. The Morgan fingerprint density at radius 3 is 1.02 bits per heavy atom. The minimum Gasteiger partial charge on any atom is -0.741 e. The number of hydrogen-bond acceptors (Lipinski definition) is 3. The van der Waals surface area contributed by atoms with Crippen LogP contribution in [0.1, 0.15) is 105 Å². The molecule has 3 nitrogen and oxygen atoms in total. The van der Waals surface area contributed by atoms with Crippen molar-refractivity contribution in [1.82, 2.24) is 0 Å². The third-order valence-corrected chi connectivity index (χ3v) is 16.6. The van der Waals surface area contributed by atoms with Gasteiger partial charge in [0.05, 0.1) is 0 Å². The number of hydrogen-bond donors (Lipinski definition) is 0. The molecule has 11 radical (unpaired) electrons. The zero-order valence-corrected chi connectivity index (χ0v) is 32.9. The van der Waals surface area contributed by atoms with E-state index in [1.807, 2.05) is 0 Å². The van der Waals surface area contributed by atoms with Crippen molar-refractivity contribution in [3.63, 3.8) is 0 Å². The summed E-state index contributed by atoms with van der Waals surface area (Å²) in [5.74, 6) is 0. The van der Waals surface area contributed by atoms with Crippen molar-refractivity contribution in [3.05, 3.63) is 87.0 Å².